The predicted octanol–water partition coefficient (Wildman–Crippen LogP) is 2.64. The third kappa shape index (κ3) is 3.03. The highest BCUT2D eigenvalue weighted by Crippen LogP contribution is 2.36. The van der Waals surface area contributed by atoms with Crippen molar-refractivity contribution in [1.29, 1.82) is 0 Å². The van der Waals surface area contributed by atoms with Crippen molar-refractivity contribution in [3.63, 3.8) is 0 Å². The van der Waals surface area contributed by atoms with Crippen LogP contribution in [0.3, 0.4) is 0 Å². The van der Waals surface area contributed by atoms with Gasteiger partial charge >= 0.3 is 5.97 Å². The first-order valence-electron chi connectivity index (χ1n) is 9.81. The van der Waals surface area contributed by atoms with Gasteiger partial charge in [-0.05, 0) is 55.8 Å². The number of esters is 1. The molecule has 1 aromatic carbocycles. The topological polar surface area (TPSA) is 50.1 Å². The van der Waals surface area contributed by atoms with Gasteiger partial charge in [-0.2, -0.15) is 5.10 Å². The van der Waals surface area contributed by atoms with Crippen molar-refractivity contribution in [2.24, 2.45) is 0 Å². The number of ether oxygens (including phenoxy) is 1. The number of rotatable bonds is 2. The van der Waals surface area contributed by atoms with E-state index in [1.807, 2.05) is 28.9 Å². The number of fused-ring (bicyclic) bond motifs is 2. The van der Waals surface area contributed by atoms with Crippen LogP contribution in [-0.4, -0.2) is 53.7 Å². The molecule has 6 nitrogen and oxygen atoms in total. The molecule has 1 saturated heterocycles. The van der Waals surface area contributed by atoms with Gasteiger partial charge < -0.3 is 14.5 Å². The molecular weight excluding hydrogens is 352 g/mol. The number of nitrogens with zero attached hydrogens (tertiary/aromatic N) is 4. The molecule has 0 N–H and O–H groups in total. The molecule has 2 aromatic heterocycles. The number of aromatic nitrogens is 2. The molecule has 28 heavy (non-hydrogen) atoms. The fraction of sp³-hybridized carbons (Fsp3) is 0.364. The lowest BCUT2D eigenvalue weighted by Gasteiger charge is -2.34. The first kappa shape index (κ1) is 17.3. The van der Waals surface area contributed by atoms with E-state index in [1.54, 1.807) is 0 Å². The summed E-state index contributed by atoms with van der Waals surface area (Å²) >= 11 is 0. The molecule has 0 spiro atoms. The first-order chi connectivity index (χ1) is 13.6. The van der Waals surface area contributed by atoms with E-state index >= 15 is 0 Å². The normalized spacial score (nSPS) is 20.3. The van der Waals surface area contributed by atoms with Gasteiger partial charge in [0.25, 0.3) is 0 Å². The molecule has 4 heterocycles. The van der Waals surface area contributed by atoms with E-state index < -0.39 is 0 Å². The molecule has 0 radical (unpaired) electrons. The molecule has 5 rings (SSSR count). The quantitative estimate of drug-likeness (QED) is 0.508. The summed E-state index contributed by atoms with van der Waals surface area (Å²) in [6.45, 7) is 6.13. The van der Waals surface area contributed by atoms with Gasteiger partial charge in [0.05, 0.1) is 11.2 Å². The molecule has 6 heteroatoms. The second-order valence-corrected chi connectivity index (χ2v) is 7.90. The Hall–Kier alpha value is -2.86. The van der Waals surface area contributed by atoms with Gasteiger partial charge in [-0.1, -0.05) is 6.07 Å². The second kappa shape index (κ2) is 6.63. The largest absolute Gasteiger partial charge is 0.426 e. The lowest BCUT2D eigenvalue weighted by atomic mass is 9.93. The summed E-state index contributed by atoms with van der Waals surface area (Å²) in [7, 11) is 2.15. The Balaban J connectivity index is 1.41. The SMILES string of the molecule is Cc1ccn2nc(C3Cc4ccc(N5CCN(C)CC5)cc4OC3=O)cc2c1. The molecule has 2 aliphatic heterocycles. The van der Waals surface area contributed by atoms with Gasteiger partial charge in [0, 0.05) is 44.1 Å². The third-order valence-corrected chi connectivity index (χ3v) is 5.83. The Kier molecular flexibility index (Phi) is 4.09. The van der Waals surface area contributed by atoms with Crippen molar-refractivity contribution in [3.8, 4) is 5.75 Å². The fourth-order valence-electron chi connectivity index (χ4n) is 4.07. The summed E-state index contributed by atoms with van der Waals surface area (Å²) < 4.78 is 7.57. The number of pyridine rings is 1. The minimum atomic E-state index is -0.359. The van der Waals surface area contributed by atoms with Crippen LogP contribution in [0.4, 0.5) is 5.69 Å². The van der Waals surface area contributed by atoms with Crippen molar-refractivity contribution in [2.45, 2.75) is 19.3 Å². The lowest BCUT2D eigenvalue weighted by Crippen LogP contribution is -2.44. The Morgan fingerprint density at radius 2 is 1.89 bits per heavy atom. The number of anilines is 1. The number of hydrogen-bond acceptors (Lipinski definition) is 5. The highest BCUT2D eigenvalue weighted by atomic mass is 16.5. The van der Waals surface area contributed by atoms with E-state index in [0.29, 0.717) is 12.2 Å². The average molecular weight is 376 g/mol. The zero-order valence-electron chi connectivity index (χ0n) is 16.3. The summed E-state index contributed by atoms with van der Waals surface area (Å²) in [4.78, 5) is 17.4. The van der Waals surface area contributed by atoms with Gasteiger partial charge in [0.2, 0.25) is 0 Å². The molecule has 144 valence electrons. The van der Waals surface area contributed by atoms with Crippen molar-refractivity contribution < 1.29 is 9.53 Å². The van der Waals surface area contributed by atoms with E-state index in [9.17, 15) is 4.79 Å². The van der Waals surface area contributed by atoms with E-state index in [4.69, 9.17) is 4.74 Å². The minimum absolute atomic E-state index is 0.219. The van der Waals surface area contributed by atoms with Gasteiger partial charge in [-0.15, -0.1) is 0 Å². The fourth-order valence-corrected chi connectivity index (χ4v) is 4.07. The van der Waals surface area contributed by atoms with Crippen LogP contribution in [0.1, 0.15) is 22.7 Å². The molecule has 1 unspecified atom stereocenters. The summed E-state index contributed by atoms with van der Waals surface area (Å²) in [6, 6.07) is 12.3. The minimum Gasteiger partial charge on any atom is -0.426 e. The highest BCUT2D eigenvalue weighted by Gasteiger charge is 2.32. The zero-order chi connectivity index (χ0) is 19.3. The van der Waals surface area contributed by atoms with E-state index in [2.05, 4.69) is 47.1 Å². The van der Waals surface area contributed by atoms with Crippen molar-refractivity contribution in [1.82, 2.24) is 14.5 Å². The molecule has 1 fully saturated rings. The smallest absolute Gasteiger partial charge is 0.320 e. The standard InChI is InChI=1S/C22H24N4O2/c1-15-5-6-26-18(11-15)13-20(23-26)19-12-16-3-4-17(14-21(16)28-22(19)27)25-9-7-24(2)8-10-25/h3-6,11,13-14,19H,7-10,12H2,1-2H3. The van der Waals surface area contributed by atoms with Crippen molar-refractivity contribution in [3.05, 3.63) is 59.4 Å². The van der Waals surface area contributed by atoms with Crippen LogP contribution in [0.2, 0.25) is 0 Å². The van der Waals surface area contributed by atoms with Crippen LogP contribution in [0.5, 0.6) is 5.75 Å². The maximum Gasteiger partial charge on any atom is 0.320 e. The zero-order valence-corrected chi connectivity index (χ0v) is 16.3. The van der Waals surface area contributed by atoms with Gasteiger partial charge in [-0.3, -0.25) is 4.79 Å². The van der Waals surface area contributed by atoms with Gasteiger partial charge in [0.15, 0.2) is 0 Å². The van der Waals surface area contributed by atoms with Crippen LogP contribution in [-0.2, 0) is 11.2 Å². The van der Waals surface area contributed by atoms with Gasteiger partial charge in [-0.25, -0.2) is 4.52 Å². The number of carbonyl (C=O) groups is 1. The number of hydrogen-bond donors (Lipinski definition) is 0. The summed E-state index contributed by atoms with van der Waals surface area (Å²) in [5.41, 5.74) is 5.13. The van der Waals surface area contributed by atoms with E-state index in [0.717, 1.165) is 48.6 Å². The molecule has 1 atom stereocenters. The molecule has 0 bridgehead atoms. The monoisotopic (exact) mass is 376 g/mol. The average Bonchev–Trinajstić information content (AvgIpc) is 3.10. The molecular formula is C22H24N4O2. The van der Waals surface area contributed by atoms with Crippen molar-refractivity contribution >= 4 is 17.2 Å². The molecule has 2 aliphatic rings. The molecule has 0 saturated carbocycles. The number of likely N-dealkylation sites (N-methyl/N-ethyl adjacent to an activating group) is 1. The molecule has 0 aliphatic carbocycles. The second-order valence-electron chi connectivity index (χ2n) is 7.90. The Bertz CT molecular complexity index is 1050. The number of aryl methyl sites for hydroxylation is 1. The Morgan fingerprint density at radius 3 is 2.71 bits per heavy atom. The van der Waals surface area contributed by atoms with Crippen LogP contribution < -0.4 is 9.64 Å². The predicted molar refractivity (Wildman–Crippen MR) is 108 cm³/mol. The van der Waals surface area contributed by atoms with Crippen LogP contribution in [0.25, 0.3) is 5.52 Å². The Morgan fingerprint density at radius 1 is 1.07 bits per heavy atom. The van der Waals surface area contributed by atoms with Crippen molar-refractivity contribution in [2.75, 3.05) is 38.1 Å². The molecule has 0 amide bonds. The van der Waals surface area contributed by atoms with E-state index in [-0.39, 0.29) is 11.9 Å². The summed E-state index contributed by atoms with van der Waals surface area (Å²) in [6.07, 6.45) is 2.55. The highest BCUT2D eigenvalue weighted by molar-refractivity contribution is 5.83. The lowest BCUT2D eigenvalue weighted by molar-refractivity contribution is -0.137. The van der Waals surface area contributed by atoms with Crippen LogP contribution in [0.15, 0.2) is 42.6 Å². The first-order valence-corrected chi connectivity index (χ1v) is 9.81. The summed E-state index contributed by atoms with van der Waals surface area (Å²) in [5.74, 6) is 0.114. The number of carbonyl (C=O) groups excluding carboxylic acids is 1. The number of piperazine rings is 1. The van der Waals surface area contributed by atoms with Crippen LogP contribution in [0, 0.1) is 6.92 Å². The van der Waals surface area contributed by atoms with Crippen LogP contribution >= 0.6 is 0 Å². The van der Waals surface area contributed by atoms with E-state index in [1.165, 1.54) is 5.56 Å². The summed E-state index contributed by atoms with van der Waals surface area (Å²) in [5, 5.41) is 4.60. The Labute approximate surface area is 164 Å². The maximum absolute atomic E-state index is 12.7. The third-order valence-electron chi connectivity index (χ3n) is 5.83. The maximum atomic E-state index is 12.7. The molecule has 3 aromatic rings. The number of benzene rings is 1. The van der Waals surface area contributed by atoms with Gasteiger partial charge in [0.1, 0.15) is 11.7 Å².